The van der Waals surface area contributed by atoms with Gasteiger partial charge in [0.15, 0.2) is 0 Å². The maximum atomic E-state index is 11.2. The highest BCUT2D eigenvalue weighted by atomic mass is 35.5. The molecule has 0 aliphatic heterocycles. The first kappa shape index (κ1) is 11.0. The third kappa shape index (κ3) is 3.01. The van der Waals surface area contributed by atoms with Crippen molar-refractivity contribution in [1.29, 1.82) is 0 Å². The number of hydrogen-bond acceptors (Lipinski definition) is 2. The molecule has 1 aromatic rings. The maximum Gasteiger partial charge on any atom is 0.225 e. The van der Waals surface area contributed by atoms with Crippen molar-refractivity contribution < 1.29 is 4.79 Å². The van der Waals surface area contributed by atoms with E-state index in [0.717, 1.165) is 11.3 Å². The predicted octanol–water partition coefficient (Wildman–Crippen LogP) is 1.94. The van der Waals surface area contributed by atoms with Crippen molar-refractivity contribution in [2.75, 3.05) is 11.9 Å². The van der Waals surface area contributed by atoms with Gasteiger partial charge in [0.05, 0.1) is 0 Å². The molecule has 0 atom stereocenters. The average molecular weight is 213 g/mol. The Hall–Kier alpha value is -1.06. The highest BCUT2D eigenvalue weighted by Crippen LogP contribution is 2.19. The van der Waals surface area contributed by atoms with Crippen LogP contribution < -0.4 is 11.1 Å². The summed E-state index contributed by atoms with van der Waals surface area (Å²) in [7, 11) is 0. The van der Waals surface area contributed by atoms with Crippen molar-refractivity contribution in [2.45, 2.75) is 13.3 Å². The predicted molar refractivity (Wildman–Crippen MR) is 58.5 cm³/mol. The molecule has 0 saturated carbocycles. The summed E-state index contributed by atoms with van der Waals surface area (Å²) in [6, 6.07) is 5.36. The van der Waals surface area contributed by atoms with E-state index in [2.05, 4.69) is 5.32 Å². The zero-order chi connectivity index (χ0) is 10.6. The minimum atomic E-state index is -0.0748. The molecule has 0 radical (unpaired) electrons. The molecule has 0 aliphatic carbocycles. The van der Waals surface area contributed by atoms with E-state index in [1.165, 1.54) is 0 Å². The molecular formula is C10H13ClN2O. The Morgan fingerprint density at radius 2 is 2.29 bits per heavy atom. The van der Waals surface area contributed by atoms with E-state index in [-0.39, 0.29) is 5.91 Å². The minimum absolute atomic E-state index is 0.0748. The second-order valence-corrected chi connectivity index (χ2v) is 3.46. The molecule has 0 unspecified atom stereocenters. The first-order chi connectivity index (χ1) is 6.63. The molecule has 0 aliphatic rings. The van der Waals surface area contributed by atoms with E-state index >= 15 is 0 Å². The summed E-state index contributed by atoms with van der Waals surface area (Å²) in [5.41, 5.74) is 6.95. The number of benzene rings is 1. The molecule has 1 amide bonds. The van der Waals surface area contributed by atoms with E-state index in [4.69, 9.17) is 17.3 Å². The summed E-state index contributed by atoms with van der Waals surface area (Å²) in [5, 5.41) is 3.43. The lowest BCUT2D eigenvalue weighted by Crippen LogP contribution is -2.16. The van der Waals surface area contributed by atoms with Crippen LogP contribution in [-0.2, 0) is 4.79 Å². The van der Waals surface area contributed by atoms with Gasteiger partial charge in [-0.15, -0.1) is 0 Å². The van der Waals surface area contributed by atoms with Crippen LogP contribution in [0.3, 0.4) is 0 Å². The Morgan fingerprint density at radius 3 is 2.86 bits per heavy atom. The van der Waals surface area contributed by atoms with E-state index in [9.17, 15) is 4.79 Å². The second-order valence-electron chi connectivity index (χ2n) is 3.05. The lowest BCUT2D eigenvalue weighted by molar-refractivity contribution is -0.116. The average Bonchev–Trinajstić information content (AvgIpc) is 2.12. The molecule has 0 bridgehead atoms. The van der Waals surface area contributed by atoms with Gasteiger partial charge in [-0.2, -0.15) is 0 Å². The summed E-state index contributed by atoms with van der Waals surface area (Å²) in [6.07, 6.45) is 0.335. The molecular weight excluding hydrogens is 200 g/mol. The van der Waals surface area contributed by atoms with Crippen molar-refractivity contribution in [3.63, 3.8) is 0 Å². The standard InChI is InChI=1S/C10H13ClN2O/c1-7-6-8(2-3-9(7)11)13-10(14)4-5-12/h2-3,6H,4-5,12H2,1H3,(H,13,14). The quantitative estimate of drug-likeness (QED) is 0.805. The van der Waals surface area contributed by atoms with Crippen LogP contribution in [0, 0.1) is 6.92 Å². The van der Waals surface area contributed by atoms with Crippen molar-refractivity contribution in [2.24, 2.45) is 5.73 Å². The van der Waals surface area contributed by atoms with Gasteiger partial charge in [0.25, 0.3) is 0 Å². The summed E-state index contributed by atoms with van der Waals surface area (Å²) in [6.45, 7) is 2.25. The number of aryl methyl sites for hydroxylation is 1. The monoisotopic (exact) mass is 212 g/mol. The van der Waals surface area contributed by atoms with Gasteiger partial charge >= 0.3 is 0 Å². The third-order valence-corrected chi connectivity index (χ3v) is 2.24. The lowest BCUT2D eigenvalue weighted by atomic mass is 10.2. The topological polar surface area (TPSA) is 55.1 Å². The van der Waals surface area contributed by atoms with Crippen molar-refractivity contribution in [3.05, 3.63) is 28.8 Å². The van der Waals surface area contributed by atoms with Crippen LogP contribution in [0.25, 0.3) is 0 Å². The van der Waals surface area contributed by atoms with Gasteiger partial charge in [-0.25, -0.2) is 0 Å². The van der Waals surface area contributed by atoms with Gasteiger partial charge in [0, 0.05) is 23.7 Å². The Balaban J connectivity index is 2.68. The summed E-state index contributed by atoms with van der Waals surface area (Å²) in [5.74, 6) is -0.0748. The molecule has 3 N–H and O–H groups in total. The summed E-state index contributed by atoms with van der Waals surface area (Å²) >= 11 is 5.85. The number of carbonyl (C=O) groups is 1. The second kappa shape index (κ2) is 4.98. The Labute approximate surface area is 88.2 Å². The van der Waals surface area contributed by atoms with Crippen molar-refractivity contribution in [1.82, 2.24) is 0 Å². The largest absolute Gasteiger partial charge is 0.330 e. The Morgan fingerprint density at radius 1 is 1.57 bits per heavy atom. The zero-order valence-corrected chi connectivity index (χ0v) is 8.77. The van der Waals surface area contributed by atoms with Gasteiger partial charge in [-0.3, -0.25) is 4.79 Å². The van der Waals surface area contributed by atoms with Crippen LogP contribution in [0.15, 0.2) is 18.2 Å². The number of rotatable bonds is 3. The number of halogens is 1. The van der Waals surface area contributed by atoms with Crippen molar-refractivity contribution in [3.8, 4) is 0 Å². The molecule has 0 aromatic heterocycles. The number of carbonyl (C=O) groups excluding carboxylic acids is 1. The molecule has 14 heavy (non-hydrogen) atoms. The number of amides is 1. The van der Waals surface area contributed by atoms with E-state index in [1.807, 2.05) is 13.0 Å². The SMILES string of the molecule is Cc1cc(NC(=O)CCN)ccc1Cl. The van der Waals surface area contributed by atoms with Gasteiger partial charge in [-0.1, -0.05) is 11.6 Å². The fourth-order valence-electron chi connectivity index (χ4n) is 1.08. The van der Waals surface area contributed by atoms with Crippen LogP contribution in [0.2, 0.25) is 5.02 Å². The van der Waals surface area contributed by atoms with Crippen LogP contribution in [0.1, 0.15) is 12.0 Å². The highest BCUT2D eigenvalue weighted by molar-refractivity contribution is 6.31. The molecule has 0 heterocycles. The fourth-order valence-corrected chi connectivity index (χ4v) is 1.19. The van der Waals surface area contributed by atoms with Gasteiger partial charge in [0.1, 0.15) is 0 Å². The fraction of sp³-hybridized carbons (Fsp3) is 0.300. The molecule has 0 spiro atoms. The smallest absolute Gasteiger partial charge is 0.225 e. The number of anilines is 1. The van der Waals surface area contributed by atoms with Crippen LogP contribution >= 0.6 is 11.6 Å². The first-order valence-corrected chi connectivity index (χ1v) is 4.77. The van der Waals surface area contributed by atoms with Gasteiger partial charge in [0.2, 0.25) is 5.91 Å². The number of nitrogens with two attached hydrogens (primary N) is 1. The molecule has 0 fully saturated rings. The summed E-state index contributed by atoms with van der Waals surface area (Å²) < 4.78 is 0. The summed E-state index contributed by atoms with van der Waals surface area (Å²) in [4.78, 5) is 11.2. The molecule has 76 valence electrons. The third-order valence-electron chi connectivity index (χ3n) is 1.81. The Bertz CT molecular complexity index is 339. The van der Waals surface area contributed by atoms with Gasteiger partial charge < -0.3 is 11.1 Å². The minimum Gasteiger partial charge on any atom is -0.330 e. The molecule has 1 aromatic carbocycles. The molecule has 1 rings (SSSR count). The van der Waals surface area contributed by atoms with Crippen molar-refractivity contribution >= 4 is 23.2 Å². The Kier molecular flexibility index (Phi) is 3.92. The maximum absolute atomic E-state index is 11.2. The molecule has 0 saturated heterocycles. The van der Waals surface area contributed by atoms with Crippen LogP contribution in [0.5, 0.6) is 0 Å². The first-order valence-electron chi connectivity index (χ1n) is 4.39. The van der Waals surface area contributed by atoms with E-state index in [1.54, 1.807) is 12.1 Å². The lowest BCUT2D eigenvalue weighted by Gasteiger charge is -2.05. The van der Waals surface area contributed by atoms with E-state index < -0.39 is 0 Å². The van der Waals surface area contributed by atoms with Crippen LogP contribution in [-0.4, -0.2) is 12.5 Å². The normalized spacial score (nSPS) is 9.93. The molecule has 4 heteroatoms. The number of hydrogen-bond donors (Lipinski definition) is 2. The number of nitrogens with one attached hydrogen (secondary N) is 1. The van der Waals surface area contributed by atoms with Gasteiger partial charge in [-0.05, 0) is 30.7 Å². The highest BCUT2D eigenvalue weighted by Gasteiger charge is 2.01. The molecule has 3 nitrogen and oxygen atoms in total. The zero-order valence-electron chi connectivity index (χ0n) is 8.01. The van der Waals surface area contributed by atoms with E-state index in [0.29, 0.717) is 18.0 Å². The van der Waals surface area contributed by atoms with Crippen LogP contribution in [0.4, 0.5) is 5.69 Å².